The molecule has 2 N–H and O–H groups in total. The molecule has 3 heteroatoms. The molecule has 0 rings (SSSR count). The van der Waals surface area contributed by atoms with Gasteiger partial charge in [-0.25, -0.2) is 0 Å². The topological polar surface area (TPSA) is 49.3 Å². The largest absolute Gasteiger partial charge is 0.395 e. The van der Waals surface area contributed by atoms with Gasteiger partial charge in [-0.2, -0.15) is 0 Å². The second kappa shape index (κ2) is 6.00. The molecule has 0 aromatic rings. The summed E-state index contributed by atoms with van der Waals surface area (Å²) in [6.07, 6.45) is 0.856. The van der Waals surface area contributed by atoms with Crippen molar-refractivity contribution in [3.63, 3.8) is 0 Å². The van der Waals surface area contributed by atoms with Crippen molar-refractivity contribution >= 4 is 5.91 Å². The lowest BCUT2D eigenvalue weighted by Gasteiger charge is -2.17. The van der Waals surface area contributed by atoms with E-state index in [2.05, 4.69) is 5.32 Å². The quantitative estimate of drug-likeness (QED) is 0.645. The third-order valence-corrected chi connectivity index (χ3v) is 1.99. The third-order valence-electron chi connectivity index (χ3n) is 1.99. The predicted molar refractivity (Wildman–Crippen MR) is 48.7 cm³/mol. The van der Waals surface area contributed by atoms with Crippen molar-refractivity contribution in [1.29, 1.82) is 0 Å². The smallest absolute Gasteiger partial charge is 0.223 e. The summed E-state index contributed by atoms with van der Waals surface area (Å²) in [7, 11) is 0. The Balaban J connectivity index is 3.86. The lowest BCUT2D eigenvalue weighted by molar-refractivity contribution is -0.126. The number of aliphatic hydroxyl groups excluding tert-OH is 1. The maximum absolute atomic E-state index is 11.4. The average Bonchev–Trinajstić information content (AvgIpc) is 2.01. The highest BCUT2D eigenvalue weighted by atomic mass is 16.3. The van der Waals surface area contributed by atoms with E-state index in [1.165, 1.54) is 0 Å². The highest BCUT2D eigenvalue weighted by Gasteiger charge is 2.18. The van der Waals surface area contributed by atoms with Crippen LogP contribution in [0.3, 0.4) is 0 Å². The number of rotatable bonds is 5. The number of hydrogen-bond donors (Lipinski definition) is 2. The van der Waals surface area contributed by atoms with Gasteiger partial charge in [-0.1, -0.05) is 20.8 Å². The number of hydrogen-bond acceptors (Lipinski definition) is 2. The second-order valence-corrected chi connectivity index (χ2v) is 3.27. The van der Waals surface area contributed by atoms with E-state index in [0.717, 1.165) is 6.42 Å². The van der Waals surface area contributed by atoms with Gasteiger partial charge in [-0.15, -0.1) is 0 Å². The van der Waals surface area contributed by atoms with Crippen LogP contribution in [-0.4, -0.2) is 24.2 Å². The Morgan fingerprint density at radius 3 is 2.42 bits per heavy atom. The molecule has 72 valence electrons. The fourth-order valence-electron chi connectivity index (χ4n) is 1.27. The zero-order valence-electron chi connectivity index (χ0n) is 8.13. The molecule has 0 spiro atoms. The molecule has 1 unspecified atom stereocenters. The molecule has 0 fully saturated rings. The zero-order valence-corrected chi connectivity index (χ0v) is 8.13. The van der Waals surface area contributed by atoms with Crippen molar-refractivity contribution < 1.29 is 9.90 Å². The first kappa shape index (κ1) is 11.4. The highest BCUT2D eigenvalue weighted by molar-refractivity contribution is 5.78. The van der Waals surface area contributed by atoms with Gasteiger partial charge in [0.05, 0.1) is 6.61 Å². The molecular weight excluding hydrogens is 154 g/mol. The van der Waals surface area contributed by atoms with Gasteiger partial charge in [0.25, 0.3) is 0 Å². The van der Waals surface area contributed by atoms with Crippen molar-refractivity contribution in [1.82, 2.24) is 5.32 Å². The number of amides is 1. The van der Waals surface area contributed by atoms with Gasteiger partial charge in [0, 0.05) is 12.5 Å². The summed E-state index contributed by atoms with van der Waals surface area (Å²) >= 11 is 0. The Labute approximate surface area is 74.2 Å². The first-order valence-corrected chi connectivity index (χ1v) is 4.52. The van der Waals surface area contributed by atoms with Crippen LogP contribution in [0.2, 0.25) is 0 Å². The maximum Gasteiger partial charge on any atom is 0.223 e. The molecule has 0 aliphatic carbocycles. The predicted octanol–water partition coefficient (Wildman–Crippen LogP) is 0.777. The van der Waals surface area contributed by atoms with Gasteiger partial charge >= 0.3 is 0 Å². The SMILES string of the molecule is CCC(C(=O)NCCO)C(C)C. The molecule has 12 heavy (non-hydrogen) atoms. The molecule has 3 nitrogen and oxygen atoms in total. The Morgan fingerprint density at radius 2 is 2.08 bits per heavy atom. The van der Waals surface area contributed by atoms with Crippen LogP contribution in [0.4, 0.5) is 0 Å². The molecule has 0 aliphatic rings. The van der Waals surface area contributed by atoms with E-state index in [1.807, 2.05) is 20.8 Å². The maximum atomic E-state index is 11.4. The Morgan fingerprint density at radius 1 is 1.50 bits per heavy atom. The van der Waals surface area contributed by atoms with Crippen molar-refractivity contribution in [2.45, 2.75) is 27.2 Å². The summed E-state index contributed by atoms with van der Waals surface area (Å²) in [5.41, 5.74) is 0. The first-order chi connectivity index (χ1) is 5.63. The summed E-state index contributed by atoms with van der Waals surface area (Å²) in [5.74, 6) is 0.506. The third kappa shape index (κ3) is 3.72. The van der Waals surface area contributed by atoms with Crippen LogP contribution in [0.5, 0.6) is 0 Å². The van der Waals surface area contributed by atoms with Gasteiger partial charge in [0.2, 0.25) is 5.91 Å². The van der Waals surface area contributed by atoms with Crippen LogP contribution < -0.4 is 5.32 Å². The van der Waals surface area contributed by atoms with Crippen LogP contribution in [-0.2, 0) is 4.79 Å². The Kier molecular flexibility index (Phi) is 5.72. The van der Waals surface area contributed by atoms with E-state index < -0.39 is 0 Å². The van der Waals surface area contributed by atoms with E-state index in [4.69, 9.17) is 5.11 Å². The lowest BCUT2D eigenvalue weighted by Crippen LogP contribution is -2.34. The van der Waals surface area contributed by atoms with Crippen LogP contribution >= 0.6 is 0 Å². The highest BCUT2D eigenvalue weighted by Crippen LogP contribution is 2.14. The molecule has 0 aromatic heterocycles. The summed E-state index contributed by atoms with van der Waals surface area (Å²) in [4.78, 5) is 11.4. The summed E-state index contributed by atoms with van der Waals surface area (Å²) < 4.78 is 0. The van der Waals surface area contributed by atoms with Gasteiger partial charge in [0.15, 0.2) is 0 Å². The van der Waals surface area contributed by atoms with Crippen molar-refractivity contribution in [3.05, 3.63) is 0 Å². The molecular formula is C9H19NO2. The molecule has 1 amide bonds. The van der Waals surface area contributed by atoms with Crippen molar-refractivity contribution in [2.75, 3.05) is 13.2 Å². The molecule has 0 saturated heterocycles. The minimum Gasteiger partial charge on any atom is -0.395 e. The lowest BCUT2D eigenvalue weighted by atomic mass is 9.92. The molecule has 0 saturated carbocycles. The fraction of sp³-hybridized carbons (Fsp3) is 0.889. The van der Waals surface area contributed by atoms with Crippen LogP contribution in [0.15, 0.2) is 0 Å². The number of carbonyl (C=O) groups excluding carboxylic acids is 1. The van der Waals surface area contributed by atoms with Gasteiger partial charge in [-0.05, 0) is 12.3 Å². The molecule has 0 heterocycles. The molecule has 1 atom stereocenters. The van der Waals surface area contributed by atoms with Crippen molar-refractivity contribution in [2.24, 2.45) is 11.8 Å². The minimum absolute atomic E-state index is 0.0142. The molecule has 0 radical (unpaired) electrons. The van der Waals surface area contributed by atoms with Crippen LogP contribution in [0.1, 0.15) is 27.2 Å². The first-order valence-electron chi connectivity index (χ1n) is 4.52. The summed E-state index contributed by atoms with van der Waals surface area (Å²) in [6.45, 7) is 6.45. The van der Waals surface area contributed by atoms with E-state index >= 15 is 0 Å². The number of carbonyl (C=O) groups is 1. The summed E-state index contributed by atoms with van der Waals surface area (Å²) in [6, 6.07) is 0. The van der Waals surface area contributed by atoms with E-state index in [1.54, 1.807) is 0 Å². The molecule has 0 aromatic carbocycles. The van der Waals surface area contributed by atoms with Crippen LogP contribution in [0.25, 0.3) is 0 Å². The fourth-order valence-corrected chi connectivity index (χ4v) is 1.27. The number of aliphatic hydroxyl groups is 1. The minimum atomic E-state index is 0.0142. The Hall–Kier alpha value is -0.570. The van der Waals surface area contributed by atoms with Crippen molar-refractivity contribution in [3.8, 4) is 0 Å². The zero-order chi connectivity index (χ0) is 9.56. The van der Waals surface area contributed by atoms with Gasteiger partial charge in [-0.3, -0.25) is 4.79 Å². The van der Waals surface area contributed by atoms with E-state index in [9.17, 15) is 4.79 Å². The normalized spacial score (nSPS) is 13.1. The average molecular weight is 173 g/mol. The summed E-state index contributed by atoms with van der Waals surface area (Å²) in [5, 5.41) is 11.2. The Bertz CT molecular complexity index is 134. The van der Waals surface area contributed by atoms with E-state index in [-0.39, 0.29) is 18.4 Å². The van der Waals surface area contributed by atoms with Gasteiger partial charge in [0.1, 0.15) is 0 Å². The molecule has 0 aliphatic heterocycles. The number of nitrogens with one attached hydrogen (secondary N) is 1. The molecule has 0 bridgehead atoms. The monoisotopic (exact) mass is 173 g/mol. The second-order valence-electron chi connectivity index (χ2n) is 3.27. The standard InChI is InChI=1S/C9H19NO2/c1-4-8(7(2)3)9(12)10-5-6-11/h7-8,11H,4-6H2,1-3H3,(H,10,12). The van der Waals surface area contributed by atoms with Gasteiger partial charge < -0.3 is 10.4 Å². The van der Waals surface area contributed by atoms with Crippen LogP contribution in [0, 0.1) is 11.8 Å². The van der Waals surface area contributed by atoms with E-state index in [0.29, 0.717) is 12.5 Å².